The quantitative estimate of drug-likeness (QED) is 0.688. The largest absolute Gasteiger partial charge is 0.313 e. The molecule has 2 nitrogen and oxygen atoms in total. The van der Waals surface area contributed by atoms with Gasteiger partial charge in [0.2, 0.25) is 0 Å². The van der Waals surface area contributed by atoms with Gasteiger partial charge in [0, 0.05) is 18.7 Å². The van der Waals surface area contributed by atoms with E-state index in [9.17, 15) is 4.39 Å². The Hall–Kier alpha value is -0.930. The third kappa shape index (κ3) is 5.70. The van der Waals surface area contributed by atoms with Crippen LogP contribution in [0.2, 0.25) is 0 Å². The predicted octanol–water partition coefficient (Wildman–Crippen LogP) is 3.56. The van der Waals surface area contributed by atoms with Crippen molar-refractivity contribution in [3.63, 3.8) is 0 Å². The van der Waals surface area contributed by atoms with Crippen molar-refractivity contribution in [2.45, 2.75) is 46.7 Å². The first-order valence-corrected chi connectivity index (χ1v) is 7.41. The Morgan fingerprint density at radius 2 is 1.95 bits per heavy atom. The third-order valence-corrected chi connectivity index (χ3v) is 3.25. The molecule has 19 heavy (non-hydrogen) atoms. The summed E-state index contributed by atoms with van der Waals surface area (Å²) < 4.78 is 13.8. The average Bonchev–Trinajstić information content (AvgIpc) is 2.42. The van der Waals surface area contributed by atoms with E-state index in [2.05, 4.69) is 31.0 Å². The third-order valence-electron chi connectivity index (χ3n) is 3.25. The van der Waals surface area contributed by atoms with Gasteiger partial charge in [-0.15, -0.1) is 0 Å². The second kappa shape index (κ2) is 9.05. The molecule has 0 spiro atoms. The molecular weight excluding hydrogens is 239 g/mol. The van der Waals surface area contributed by atoms with Crippen LogP contribution >= 0.6 is 0 Å². The van der Waals surface area contributed by atoms with Crippen molar-refractivity contribution in [3.05, 3.63) is 35.1 Å². The van der Waals surface area contributed by atoms with Crippen LogP contribution in [0.5, 0.6) is 0 Å². The second-order valence-electron chi connectivity index (χ2n) is 4.97. The summed E-state index contributed by atoms with van der Waals surface area (Å²) in [6.07, 6.45) is 2.22. The number of benzene rings is 1. The molecular formula is C16H27FN2. The van der Waals surface area contributed by atoms with Gasteiger partial charge in [0.05, 0.1) is 0 Å². The summed E-state index contributed by atoms with van der Waals surface area (Å²) in [7, 11) is 0. The fourth-order valence-corrected chi connectivity index (χ4v) is 2.17. The van der Waals surface area contributed by atoms with Gasteiger partial charge in [-0.05, 0) is 44.1 Å². The minimum atomic E-state index is -0.0891. The molecule has 0 aliphatic rings. The number of hydrogen-bond acceptors (Lipinski definition) is 2. The number of rotatable bonds is 9. The molecule has 0 fully saturated rings. The summed E-state index contributed by atoms with van der Waals surface area (Å²) >= 11 is 0. The molecule has 1 rings (SSSR count). The molecule has 0 aliphatic heterocycles. The Balaban J connectivity index is 2.67. The molecule has 0 radical (unpaired) electrons. The standard InChI is InChI=1S/C16H27FN2/c1-4-9-18-12-14-7-8-16(17)15(11-14)13-19(6-3)10-5-2/h7-8,11,18H,4-6,9-10,12-13H2,1-3H3. The normalized spacial score (nSPS) is 11.2. The highest BCUT2D eigenvalue weighted by molar-refractivity contribution is 5.25. The molecule has 0 aliphatic carbocycles. The first-order valence-electron chi connectivity index (χ1n) is 7.41. The van der Waals surface area contributed by atoms with E-state index in [0.717, 1.165) is 50.1 Å². The molecule has 0 unspecified atom stereocenters. The van der Waals surface area contributed by atoms with E-state index in [1.54, 1.807) is 6.07 Å². The number of hydrogen-bond donors (Lipinski definition) is 1. The molecule has 0 bridgehead atoms. The highest BCUT2D eigenvalue weighted by Crippen LogP contribution is 2.13. The van der Waals surface area contributed by atoms with Gasteiger partial charge in [0.15, 0.2) is 0 Å². The minimum Gasteiger partial charge on any atom is -0.313 e. The van der Waals surface area contributed by atoms with Crippen molar-refractivity contribution in [1.29, 1.82) is 0 Å². The zero-order valence-corrected chi connectivity index (χ0v) is 12.5. The molecule has 1 aromatic rings. The van der Waals surface area contributed by atoms with Crippen LogP contribution in [0.1, 0.15) is 44.7 Å². The fourth-order valence-electron chi connectivity index (χ4n) is 2.17. The lowest BCUT2D eigenvalue weighted by atomic mass is 10.1. The number of nitrogens with one attached hydrogen (secondary N) is 1. The summed E-state index contributed by atoms with van der Waals surface area (Å²) in [4.78, 5) is 2.28. The van der Waals surface area contributed by atoms with Crippen LogP contribution in [0.3, 0.4) is 0 Å². The summed E-state index contributed by atoms with van der Waals surface area (Å²) in [6.45, 7) is 10.9. The fraction of sp³-hybridized carbons (Fsp3) is 0.625. The maximum atomic E-state index is 13.8. The number of nitrogens with zero attached hydrogens (tertiary/aromatic N) is 1. The van der Waals surface area contributed by atoms with Crippen LogP contribution in [0, 0.1) is 5.82 Å². The van der Waals surface area contributed by atoms with Crippen molar-refractivity contribution in [2.24, 2.45) is 0 Å². The first kappa shape index (κ1) is 16.1. The maximum Gasteiger partial charge on any atom is 0.127 e. The molecule has 0 aromatic heterocycles. The molecule has 0 atom stereocenters. The average molecular weight is 266 g/mol. The van der Waals surface area contributed by atoms with Crippen LogP contribution in [0.4, 0.5) is 4.39 Å². The van der Waals surface area contributed by atoms with E-state index in [0.29, 0.717) is 6.54 Å². The second-order valence-corrected chi connectivity index (χ2v) is 4.97. The van der Waals surface area contributed by atoms with Crippen LogP contribution < -0.4 is 5.32 Å². The van der Waals surface area contributed by atoms with Gasteiger partial charge in [-0.2, -0.15) is 0 Å². The van der Waals surface area contributed by atoms with E-state index in [1.165, 1.54) is 0 Å². The van der Waals surface area contributed by atoms with Gasteiger partial charge >= 0.3 is 0 Å². The van der Waals surface area contributed by atoms with Gasteiger partial charge in [0.1, 0.15) is 5.82 Å². The highest BCUT2D eigenvalue weighted by atomic mass is 19.1. The zero-order chi connectivity index (χ0) is 14.1. The van der Waals surface area contributed by atoms with Crippen molar-refractivity contribution in [2.75, 3.05) is 19.6 Å². The summed E-state index contributed by atoms with van der Waals surface area (Å²) in [5, 5.41) is 3.35. The van der Waals surface area contributed by atoms with E-state index >= 15 is 0 Å². The summed E-state index contributed by atoms with van der Waals surface area (Å²) in [6, 6.07) is 5.46. The number of halogens is 1. The Morgan fingerprint density at radius 3 is 2.58 bits per heavy atom. The van der Waals surface area contributed by atoms with Gasteiger partial charge < -0.3 is 5.32 Å². The van der Waals surface area contributed by atoms with Gasteiger partial charge in [-0.1, -0.05) is 32.9 Å². The van der Waals surface area contributed by atoms with Crippen molar-refractivity contribution in [3.8, 4) is 0 Å². The molecule has 1 N–H and O–H groups in total. The lowest BCUT2D eigenvalue weighted by Gasteiger charge is -2.20. The topological polar surface area (TPSA) is 15.3 Å². The lowest BCUT2D eigenvalue weighted by molar-refractivity contribution is 0.276. The Bertz CT molecular complexity index is 366. The minimum absolute atomic E-state index is 0.0891. The lowest BCUT2D eigenvalue weighted by Crippen LogP contribution is -2.24. The van der Waals surface area contributed by atoms with E-state index in [4.69, 9.17) is 0 Å². The van der Waals surface area contributed by atoms with Crippen molar-refractivity contribution in [1.82, 2.24) is 10.2 Å². The summed E-state index contributed by atoms with van der Waals surface area (Å²) in [5.41, 5.74) is 1.98. The van der Waals surface area contributed by atoms with Crippen LogP contribution in [0.15, 0.2) is 18.2 Å². The van der Waals surface area contributed by atoms with Gasteiger partial charge in [-0.3, -0.25) is 4.90 Å². The molecule has 0 amide bonds. The highest BCUT2D eigenvalue weighted by Gasteiger charge is 2.08. The van der Waals surface area contributed by atoms with Crippen molar-refractivity contribution >= 4 is 0 Å². The van der Waals surface area contributed by atoms with Crippen molar-refractivity contribution < 1.29 is 4.39 Å². The molecule has 0 saturated carbocycles. The van der Waals surface area contributed by atoms with E-state index in [-0.39, 0.29) is 5.82 Å². The van der Waals surface area contributed by atoms with E-state index in [1.807, 2.05) is 12.1 Å². The van der Waals surface area contributed by atoms with Crippen LogP contribution in [-0.2, 0) is 13.1 Å². The van der Waals surface area contributed by atoms with Gasteiger partial charge in [-0.25, -0.2) is 4.39 Å². The zero-order valence-electron chi connectivity index (χ0n) is 12.5. The van der Waals surface area contributed by atoms with Crippen LogP contribution in [0.25, 0.3) is 0 Å². The molecule has 3 heteroatoms. The Morgan fingerprint density at radius 1 is 1.16 bits per heavy atom. The maximum absolute atomic E-state index is 13.8. The Labute approximate surface area is 117 Å². The first-order chi connectivity index (χ1) is 9.21. The summed E-state index contributed by atoms with van der Waals surface area (Å²) in [5.74, 6) is -0.0891. The monoisotopic (exact) mass is 266 g/mol. The predicted molar refractivity (Wildman–Crippen MR) is 79.6 cm³/mol. The molecule has 0 saturated heterocycles. The molecule has 108 valence electrons. The van der Waals surface area contributed by atoms with E-state index < -0.39 is 0 Å². The van der Waals surface area contributed by atoms with Gasteiger partial charge in [0.25, 0.3) is 0 Å². The molecule has 1 aromatic carbocycles. The van der Waals surface area contributed by atoms with Crippen LogP contribution in [-0.4, -0.2) is 24.5 Å². The smallest absolute Gasteiger partial charge is 0.127 e. The SMILES string of the molecule is CCCNCc1ccc(F)c(CN(CC)CCC)c1. The Kier molecular flexibility index (Phi) is 7.68. The molecule has 0 heterocycles.